The molecule has 0 spiro atoms. The summed E-state index contributed by atoms with van der Waals surface area (Å²) in [7, 11) is 1.76. The number of carbonyl (C=O) groups excluding carboxylic acids is 1. The van der Waals surface area contributed by atoms with Gasteiger partial charge in [-0.3, -0.25) is 4.79 Å². The highest BCUT2D eigenvalue weighted by atomic mass is 16.6. The molecule has 5 heteroatoms. The average molecular weight is 669 g/mol. The molecule has 0 rings (SSSR count). The summed E-state index contributed by atoms with van der Waals surface area (Å²) in [6.07, 6.45) is 34.6. The van der Waals surface area contributed by atoms with E-state index >= 15 is 0 Å². The van der Waals surface area contributed by atoms with Gasteiger partial charge in [0.25, 0.3) is 0 Å². The summed E-state index contributed by atoms with van der Waals surface area (Å²) in [6, 6.07) is 0. The van der Waals surface area contributed by atoms with Gasteiger partial charge in [-0.2, -0.15) is 0 Å². The highest BCUT2D eigenvalue weighted by molar-refractivity contribution is 5.69. The third-order valence-corrected chi connectivity index (χ3v) is 10.0. The lowest BCUT2D eigenvalue weighted by Crippen LogP contribution is -2.30. The summed E-state index contributed by atoms with van der Waals surface area (Å²) in [5.41, 5.74) is 0. The molecule has 0 bridgehead atoms. The Labute approximate surface area is 294 Å². The van der Waals surface area contributed by atoms with Crippen LogP contribution in [-0.4, -0.2) is 51.7 Å². The molecule has 0 radical (unpaired) electrons. The quantitative estimate of drug-likeness (QED) is 0.0484. The van der Waals surface area contributed by atoms with E-state index in [0.29, 0.717) is 25.6 Å². The maximum Gasteiger partial charge on any atom is 0.306 e. The molecule has 0 aliphatic carbocycles. The van der Waals surface area contributed by atoms with Crippen LogP contribution >= 0.6 is 0 Å². The molecule has 4 atom stereocenters. The van der Waals surface area contributed by atoms with Crippen molar-refractivity contribution in [1.82, 2.24) is 0 Å². The first kappa shape index (κ1) is 46.4. The Morgan fingerprint density at radius 2 is 0.957 bits per heavy atom. The fourth-order valence-corrected chi connectivity index (χ4v) is 6.75. The van der Waals surface area contributed by atoms with Crippen molar-refractivity contribution in [3.63, 3.8) is 0 Å². The van der Waals surface area contributed by atoms with Crippen LogP contribution in [0.4, 0.5) is 0 Å². The Morgan fingerprint density at radius 3 is 1.38 bits per heavy atom. The van der Waals surface area contributed by atoms with Crippen LogP contribution in [0.1, 0.15) is 208 Å². The Balaban J connectivity index is 4.32. The molecule has 0 saturated carbocycles. The molecular formula is C42H84O5. The van der Waals surface area contributed by atoms with Gasteiger partial charge in [0, 0.05) is 26.7 Å². The van der Waals surface area contributed by atoms with E-state index in [-0.39, 0.29) is 30.7 Å². The molecule has 282 valence electrons. The Morgan fingerprint density at radius 1 is 0.532 bits per heavy atom. The fraction of sp³-hybridized carbons (Fsp3) is 0.976. The number of unbranched alkanes of at least 4 members (excludes halogenated alkanes) is 22. The SMILES string of the molecule is CCCCCCCCCCCCCCOCC(COC(=O)CC(C)C(CCC)C(C)OC)OCCCCCCCCCCCCCC. The zero-order chi connectivity index (χ0) is 34.6. The first-order valence-electron chi connectivity index (χ1n) is 20.9. The lowest BCUT2D eigenvalue weighted by Gasteiger charge is -2.28. The molecule has 0 aliphatic heterocycles. The fourth-order valence-electron chi connectivity index (χ4n) is 6.75. The molecule has 47 heavy (non-hydrogen) atoms. The van der Waals surface area contributed by atoms with Crippen LogP contribution in [0.5, 0.6) is 0 Å². The van der Waals surface area contributed by atoms with E-state index in [1.807, 2.05) is 0 Å². The largest absolute Gasteiger partial charge is 0.463 e. The van der Waals surface area contributed by atoms with Crippen molar-refractivity contribution in [2.45, 2.75) is 220 Å². The van der Waals surface area contributed by atoms with Crippen molar-refractivity contribution in [2.24, 2.45) is 11.8 Å². The van der Waals surface area contributed by atoms with Crippen LogP contribution in [0.3, 0.4) is 0 Å². The molecule has 0 aromatic heterocycles. The van der Waals surface area contributed by atoms with Gasteiger partial charge in [-0.1, -0.05) is 175 Å². The van der Waals surface area contributed by atoms with E-state index in [0.717, 1.165) is 32.3 Å². The molecule has 0 N–H and O–H groups in total. The topological polar surface area (TPSA) is 54.0 Å². The summed E-state index contributed by atoms with van der Waals surface area (Å²) >= 11 is 0. The number of esters is 1. The summed E-state index contributed by atoms with van der Waals surface area (Å²) in [5, 5.41) is 0. The minimum atomic E-state index is -0.191. The first-order valence-corrected chi connectivity index (χ1v) is 20.9. The van der Waals surface area contributed by atoms with Gasteiger partial charge in [0.15, 0.2) is 0 Å². The molecule has 4 unspecified atom stereocenters. The van der Waals surface area contributed by atoms with Gasteiger partial charge < -0.3 is 18.9 Å². The van der Waals surface area contributed by atoms with Crippen molar-refractivity contribution in [2.75, 3.05) is 33.5 Å². The van der Waals surface area contributed by atoms with E-state index in [2.05, 4.69) is 34.6 Å². The Hall–Kier alpha value is -0.650. The van der Waals surface area contributed by atoms with Crippen LogP contribution in [-0.2, 0) is 23.7 Å². The number of rotatable bonds is 38. The van der Waals surface area contributed by atoms with Crippen LogP contribution in [0, 0.1) is 11.8 Å². The predicted molar refractivity (Wildman–Crippen MR) is 202 cm³/mol. The van der Waals surface area contributed by atoms with Gasteiger partial charge in [-0.25, -0.2) is 0 Å². The minimum Gasteiger partial charge on any atom is -0.463 e. The van der Waals surface area contributed by atoms with E-state index < -0.39 is 0 Å². The monoisotopic (exact) mass is 669 g/mol. The van der Waals surface area contributed by atoms with Crippen molar-refractivity contribution >= 4 is 5.97 Å². The molecule has 0 saturated heterocycles. The van der Waals surface area contributed by atoms with Crippen LogP contribution in [0.25, 0.3) is 0 Å². The summed E-state index contributed by atoms with van der Waals surface area (Å²) in [5.74, 6) is 0.441. The van der Waals surface area contributed by atoms with Gasteiger partial charge in [0.05, 0.1) is 12.7 Å². The zero-order valence-corrected chi connectivity index (χ0v) is 32.8. The zero-order valence-electron chi connectivity index (χ0n) is 32.8. The highest BCUT2D eigenvalue weighted by Gasteiger charge is 2.26. The minimum absolute atomic E-state index is 0.137. The summed E-state index contributed by atoms with van der Waals surface area (Å²) < 4.78 is 23.6. The van der Waals surface area contributed by atoms with Crippen LogP contribution in [0.2, 0.25) is 0 Å². The average Bonchev–Trinajstić information content (AvgIpc) is 3.07. The van der Waals surface area contributed by atoms with E-state index in [4.69, 9.17) is 18.9 Å². The normalized spacial score (nSPS) is 14.3. The van der Waals surface area contributed by atoms with E-state index in [1.165, 1.54) is 141 Å². The van der Waals surface area contributed by atoms with Crippen molar-refractivity contribution in [3.8, 4) is 0 Å². The van der Waals surface area contributed by atoms with Crippen molar-refractivity contribution in [3.05, 3.63) is 0 Å². The maximum absolute atomic E-state index is 12.8. The second kappa shape index (κ2) is 36.6. The third kappa shape index (κ3) is 31.1. The van der Waals surface area contributed by atoms with E-state index in [1.54, 1.807) is 7.11 Å². The molecule has 0 aliphatic rings. The second-order valence-corrected chi connectivity index (χ2v) is 14.6. The predicted octanol–water partition coefficient (Wildman–Crippen LogP) is 12.8. The number of ether oxygens (including phenoxy) is 4. The van der Waals surface area contributed by atoms with Gasteiger partial charge in [0.2, 0.25) is 0 Å². The van der Waals surface area contributed by atoms with Crippen LogP contribution < -0.4 is 0 Å². The molecule has 0 heterocycles. The van der Waals surface area contributed by atoms with Crippen molar-refractivity contribution in [1.29, 1.82) is 0 Å². The molecule has 0 amide bonds. The Kier molecular flexibility index (Phi) is 36.1. The van der Waals surface area contributed by atoms with Gasteiger partial charge >= 0.3 is 5.97 Å². The number of hydrogen-bond acceptors (Lipinski definition) is 5. The standard InChI is InChI=1S/C42H84O5/c1-7-10-12-14-16-18-20-22-24-26-28-30-33-45-36-40(37-47-42(43)35-38(4)41(32-9-3)39(5)44-6)46-34-31-29-27-25-23-21-19-17-15-13-11-8-2/h38-41H,7-37H2,1-6H3. The summed E-state index contributed by atoms with van der Waals surface area (Å²) in [6.45, 7) is 13.3. The molecular weight excluding hydrogens is 584 g/mol. The van der Waals surface area contributed by atoms with Gasteiger partial charge in [-0.15, -0.1) is 0 Å². The van der Waals surface area contributed by atoms with Gasteiger partial charge in [0.1, 0.15) is 12.7 Å². The lowest BCUT2D eigenvalue weighted by molar-refractivity contribution is -0.151. The number of methoxy groups -OCH3 is 1. The highest BCUT2D eigenvalue weighted by Crippen LogP contribution is 2.26. The Bertz CT molecular complexity index is 626. The molecule has 0 aromatic carbocycles. The summed E-state index contributed by atoms with van der Waals surface area (Å²) in [4.78, 5) is 12.8. The van der Waals surface area contributed by atoms with Crippen LogP contribution in [0.15, 0.2) is 0 Å². The smallest absolute Gasteiger partial charge is 0.306 e. The second-order valence-electron chi connectivity index (χ2n) is 14.6. The third-order valence-electron chi connectivity index (χ3n) is 10.0. The van der Waals surface area contributed by atoms with E-state index in [9.17, 15) is 4.79 Å². The molecule has 5 nitrogen and oxygen atoms in total. The van der Waals surface area contributed by atoms with Crippen molar-refractivity contribution < 1.29 is 23.7 Å². The van der Waals surface area contributed by atoms with Gasteiger partial charge in [-0.05, 0) is 38.0 Å². The lowest BCUT2D eigenvalue weighted by atomic mass is 9.84. The molecule has 0 fully saturated rings. The maximum atomic E-state index is 12.8. The number of hydrogen-bond donors (Lipinski definition) is 0. The number of carbonyl (C=O) groups is 1. The molecule has 0 aromatic rings. The first-order chi connectivity index (χ1) is 23.0.